The van der Waals surface area contributed by atoms with Gasteiger partial charge < -0.3 is 5.32 Å². The molecule has 0 atom stereocenters. The molecule has 106 valence electrons. The molecule has 0 unspecified atom stereocenters. The van der Waals surface area contributed by atoms with Crippen molar-refractivity contribution in [3.05, 3.63) is 41.8 Å². The van der Waals surface area contributed by atoms with Crippen molar-refractivity contribution in [3.63, 3.8) is 0 Å². The fourth-order valence-electron chi connectivity index (χ4n) is 2.74. The normalized spacial score (nSPS) is 16.3. The lowest BCUT2D eigenvalue weighted by Crippen LogP contribution is -2.30. The first-order valence-electron chi connectivity index (χ1n) is 7.26. The third-order valence-electron chi connectivity index (χ3n) is 4.09. The van der Waals surface area contributed by atoms with Crippen LogP contribution in [0.2, 0.25) is 0 Å². The second-order valence-corrected chi connectivity index (χ2v) is 5.66. The minimum atomic E-state index is -0.215. The second-order valence-electron chi connectivity index (χ2n) is 5.66. The highest BCUT2D eigenvalue weighted by Crippen LogP contribution is 2.40. The van der Waals surface area contributed by atoms with Crippen LogP contribution in [0.3, 0.4) is 0 Å². The van der Waals surface area contributed by atoms with Gasteiger partial charge in [0.1, 0.15) is 5.82 Å². The number of hydrogen-bond acceptors (Lipinski definition) is 2. The molecule has 1 aliphatic carbocycles. The highest BCUT2D eigenvalue weighted by Gasteiger charge is 2.40. The Morgan fingerprint density at radius 1 is 1.30 bits per heavy atom. The molecule has 1 saturated carbocycles. The summed E-state index contributed by atoms with van der Waals surface area (Å²) in [5.41, 5.74) is 3.44. The molecule has 0 saturated heterocycles. The number of nitrogens with one attached hydrogen (secondary N) is 2. The molecule has 4 heteroatoms. The highest BCUT2D eigenvalue weighted by molar-refractivity contribution is 5.62. The molecular weight excluding hydrogens is 253 g/mol. The van der Waals surface area contributed by atoms with Crippen molar-refractivity contribution in [2.24, 2.45) is 0 Å². The van der Waals surface area contributed by atoms with Crippen LogP contribution in [-0.2, 0) is 6.54 Å². The van der Waals surface area contributed by atoms with Crippen molar-refractivity contribution in [1.82, 2.24) is 15.5 Å². The molecule has 0 spiro atoms. The van der Waals surface area contributed by atoms with E-state index >= 15 is 0 Å². The number of hydrogen-bond donors (Lipinski definition) is 2. The summed E-state index contributed by atoms with van der Waals surface area (Å²) in [4.78, 5) is 0. The van der Waals surface area contributed by atoms with Gasteiger partial charge in [-0.2, -0.15) is 5.10 Å². The number of aromatic nitrogens is 2. The molecule has 0 radical (unpaired) electrons. The molecule has 1 aromatic heterocycles. The van der Waals surface area contributed by atoms with E-state index in [4.69, 9.17) is 0 Å². The van der Waals surface area contributed by atoms with E-state index in [2.05, 4.69) is 22.4 Å². The van der Waals surface area contributed by atoms with E-state index < -0.39 is 0 Å². The van der Waals surface area contributed by atoms with E-state index in [0.717, 1.165) is 23.4 Å². The summed E-state index contributed by atoms with van der Waals surface area (Å²) in [6, 6.07) is 6.52. The van der Waals surface area contributed by atoms with Crippen LogP contribution in [0.15, 0.2) is 30.5 Å². The Hall–Kier alpha value is -1.68. The maximum absolute atomic E-state index is 13.0. The summed E-state index contributed by atoms with van der Waals surface area (Å²) in [5.74, 6) is -0.215. The standard InChI is InChI=1S/C16H20FN3/c1-2-7-16(8-9-16)18-10-13-11-19-20-15(13)12-3-5-14(17)6-4-12/h3-6,11,18H,2,7-10H2,1H3,(H,19,20). The lowest BCUT2D eigenvalue weighted by molar-refractivity contribution is 0.459. The SMILES string of the molecule is CCCC1(NCc2cn[nH]c2-c2ccc(F)cc2)CC1. The Labute approximate surface area is 118 Å². The molecule has 1 aromatic carbocycles. The van der Waals surface area contributed by atoms with Crippen LogP contribution < -0.4 is 5.32 Å². The minimum Gasteiger partial charge on any atom is -0.307 e. The first-order chi connectivity index (χ1) is 9.72. The predicted octanol–water partition coefficient (Wildman–Crippen LogP) is 3.64. The van der Waals surface area contributed by atoms with Crippen molar-refractivity contribution in [2.75, 3.05) is 0 Å². The first-order valence-corrected chi connectivity index (χ1v) is 7.26. The largest absolute Gasteiger partial charge is 0.307 e. The number of H-pyrrole nitrogens is 1. The zero-order valence-corrected chi connectivity index (χ0v) is 11.7. The molecule has 0 amide bonds. The van der Waals surface area contributed by atoms with Gasteiger partial charge >= 0.3 is 0 Å². The van der Waals surface area contributed by atoms with Crippen LogP contribution in [0.25, 0.3) is 11.3 Å². The minimum absolute atomic E-state index is 0.215. The molecular formula is C16H20FN3. The monoisotopic (exact) mass is 273 g/mol. The van der Waals surface area contributed by atoms with Gasteiger partial charge in [-0.3, -0.25) is 5.10 Å². The molecule has 3 nitrogen and oxygen atoms in total. The number of halogens is 1. The maximum atomic E-state index is 13.0. The Kier molecular flexibility index (Phi) is 3.57. The smallest absolute Gasteiger partial charge is 0.123 e. The Morgan fingerprint density at radius 3 is 2.70 bits per heavy atom. The van der Waals surface area contributed by atoms with Crippen molar-refractivity contribution in [2.45, 2.75) is 44.7 Å². The third kappa shape index (κ3) is 2.75. The van der Waals surface area contributed by atoms with Gasteiger partial charge in [0.15, 0.2) is 0 Å². The lowest BCUT2D eigenvalue weighted by Gasteiger charge is -2.16. The van der Waals surface area contributed by atoms with Gasteiger partial charge in [-0.05, 0) is 43.5 Å². The van der Waals surface area contributed by atoms with Gasteiger partial charge in [0.05, 0.1) is 11.9 Å². The Morgan fingerprint density at radius 2 is 2.05 bits per heavy atom. The summed E-state index contributed by atoms with van der Waals surface area (Å²) in [6.45, 7) is 3.03. The van der Waals surface area contributed by atoms with Crippen molar-refractivity contribution in [1.29, 1.82) is 0 Å². The van der Waals surface area contributed by atoms with Gasteiger partial charge in [-0.25, -0.2) is 4.39 Å². The zero-order chi connectivity index (χ0) is 14.0. The molecule has 1 aliphatic rings. The average molecular weight is 273 g/mol. The van der Waals surface area contributed by atoms with Gasteiger partial charge in [0.2, 0.25) is 0 Å². The Bertz CT molecular complexity index is 570. The topological polar surface area (TPSA) is 40.7 Å². The number of aromatic amines is 1. The lowest BCUT2D eigenvalue weighted by atomic mass is 10.1. The molecule has 2 N–H and O–H groups in total. The van der Waals surface area contributed by atoms with Gasteiger partial charge in [-0.1, -0.05) is 13.3 Å². The van der Waals surface area contributed by atoms with Crippen LogP contribution in [0.1, 0.15) is 38.2 Å². The number of nitrogens with zero attached hydrogens (tertiary/aromatic N) is 1. The van der Waals surface area contributed by atoms with Gasteiger partial charge in [0, 0.05) is 23.2 Å². The van der Waals surface area contributed by atoms with E-state index in [0.29, 0.717) is 5.54 Å². The second kappa shape index (κ2) is 5.37. The van der Waals surface area contributed by atoms with E-state index in [9.17, 15) is 4.39 Å². The molecule has 1 heterocycles. The fourth-order valence-corrected chi connectivity index (χ4v) is 2.74. The number of rotatable bonds is 6. The van der Waals surface area contributed by atoms with Crippen LogP contribution in [0.5, 0.6) is 0 Å². The van der Waals surface area contributed by atoms with E-state index in [1.54, 1.807) is 12.1 Å². The average Bonchev–Trinajstić information content (AvgIpc) is 3.05. The van der Waals surface area contributed by atoms with Crippen LogP contribution in [0, 0.1) is 5.82 Å². The fraction of sp³-hybridized carbons (Fsp3) is 0.438. The molecule has 3 rings (SSSR count). The quantitative estimate of drug-likeness (QED) is 0.843. The number of benzene rings is 1. The highest BCUT2D eigenvalue weighted by atomic mass is 19.1. The van der Waals surface area contributed by atoms with Gasteiger partial charge in [0.25, 0.3) is 0 Å². The predicted molar refractivity (Wildman–Crippen MR) is 77.7 cm³/mol. The first kappa shape index (κ1) is 13.3. The summed E-state index contributed by atoms with van der Waals surface area (Å²) >= 11 is 0. The summed E-state index contributed by atoms with van der Waals surface area (Å²) in [5, 5.41) is 10.8. The van der Waals surface area contributed by atoms with E-state index in [-0.39, 0.29) is 5.82 Å². The van der Waals surface area contributed by atoms with E-state index in [1.165, 1.54) is 37.8 Å². The molecule has 0 bridgehead atoms. The van der Waals surface area contributed by atoms with Crippen LogP contribution >= 0.6 is 0 Å². The summed E-state index contributed by atoms with van der Waals surface area (Å²) in [7, 11) is 0. The summed E-state index contributed by atoms with van der Waals surface area (Å²) < 4.78 is 13.0. The van der Waals surface area contributed by atoms with Crippen molar-refractivity contribution < 1.29 is 4.39 Å². The molecule has 0 aliphatic heterocycles. The van der Waals surface area contributed by atoms with Gasteiger partial charge in [-0.15, -0.1) is 0 Å². The molecule has 2 aromatic rings. The van der Waals surface area contributed by atoms with Crippen LogP contribution in [-0.4, -0.2) is 15.7 Å². The zero-order valence-electron chi connectivity index (χ0n) is 11.7. The third-order valence-corrected chi connectivity index (χ3v) is 4.09. The Balaban J connectivity index is 1.72. The molecule has 1 fully saturated rings. The summed E-state index contributed by atoms with van der Waals surface area (Å²) in [6.07, 6.45) is 6.84. The molecule has 20 heavy (non-hydrogen) atoms. The van der Waals surface area contributed by atoms with Crippen molar-refractivity contribution in [3.8, 4) is 11.3 Å². The van der Waals surface area contributed by atoms with E-state index in [1.807, 2.05) is 6.20 Å². The van der Waals surface area contributed by atoms with Crippen LogP contribution in [0.4, 0.5) is 4.39 Å². The van der Waals surface area contributed by atoms with Crippen molar-refractivity contribution >= 4 is 0 Å². The maximum Gasteiger partial charge on any atom is 0.123 e.